The molecule has 0 saturated carbocycles. The second-order valence-corrected chi connectivity index (χ2v) is 5.98. The summed E-state index contributed by atoms with van der Waals surface area (Å²) in [4.78, 5) is 24.4. The van der Waals surface area contributed by atoms with Crippen molar-refractivity contribution < 1.29 is 4.79 Å². The molecule has 23 heavy (non-hydrogen) atoms. The van der Waals surface area contributed by atoms with Crippen LogP contribution in [0.3, 0.4) is 0 Å². The van der Waals surface area contributed by atoms with E-state index >= 15 is 0 Å². The van der Waals surface area contributed by atoms with Crippen molar-refractivity contribution in [1.29, 1.82) is 0 Å². The number of carbonyl (C=O) groups is 1. The standard InChI is InChI=1S/C16H24N6O/c1-3-21-8-9-22(12-14(21)16-17-6-7-18-16)15(23)5-4-13-10-19-20(2)11-13/h6-7,10-11,14H,3-5,8-9,12H2,1-2H3,(H,17,18). The topological polar surface area (TPSA) is 70.0 Å². The minimum atomic E-state index is 0.158. The molecule has 2 aromatic heterocycles. The molecule has 1 aliphatic rings. The first-order valence-corrected chi connectivity index (χ1v) is 8.16. The molecule has 0 bridgehead atoms. The number of amides is 1. The number of aromatic amines is 1. The third-order valence-electron chi connectivity index (χ3n) is 4.47. The molecule has 1 unspecified atom stereocenters. The molecule has 1 fully saturated rings. The van der Waals surface area contributed by atoms with Crippen LogP contribution >= 0.6 is 0 Å². The van der Waals surface area contributed by atoms with Gasteiger partial charge in [0.05, 0.1) is 12.2 Å². The van der Waals surface area contributed by atoms with E-state index in [1.807, 2.05) is 30.5 Å². The molecule has 2 aromatic rings. The number of nitrogens with one attached hydrogen (secondary N) is 1. The molecule has 0 aliphatic carbocycles. The van der Waals surface area contributed by atoms with Crippen molar-refractivity contribution in [1.82, 2.24) is 29.5 Å². The molecular formula is C16H24N6O. The summed E-state index contributed by atoms with van der Waals surface area (Å²) in [7, 11) is 1.89. The number of likely N-dealkylation sites (N-methyl/N-ethyl adjacent to an activating group) is 1. The van der Waals surface area contributed by atoms with E-state index in [0.717, 1.165) is 37.4 Å². The quantitative estimate of drug-likeness (QED) is 0.893. The summed E-state index contributed by atoms with van der Waals surface area (Å²) in [5.74, 6) is 1.15. The number of rotatable bonds is 5. The van der Waals surface area contributed by atoms with E-state index in [1.165, 1.54) is 0 Å². The van der Waals surface area contributed by atoms with Crippen LogP contribution in [-0.2, 0) is 18.3 Å². The first-order chi connectivity index (χ1) is 11.2. The fourth-order valence-corrected chi connectivity index (χ4v) is 3.16. The Hall–Kier alpha value is -2.15. The maximum Gasteiger partial charge on any atom is 0.223 e. The van der Waals surface area contributed by atoms with Crippen LogP contribution in [0.2, 0.25) is 0 Å². The Bertz CT molecular complexity index is 635. The summed E-state index contributed by atoms with van der Waals surface area (Å²) in [5, 5.41) is 4.15. The zero-order valence-corrected chi connectivity index (χ0v) is 13.8. The average Bonchev–Trinajstić information content (AvgIpc) is 3.23. The second kappa shape index (κ2) is 6.95. The molecule has 1 amide bonds. The van der Waals surface area contributed by atoms with Gasteiger partial charge in [0, 0.05) is 51.7 Å². The summed E-state index contributed by atoms with van der Waals surface area (Å²) in [6.45, 7) is 5.49. The zero-order chi connectivity index (χ0) is 16.2. The Morgan fingerprint density at radius 2 is 2.30 bits per heavy atom. The summed E-state index contributed by atoms with van der Waals surface area (Å²) >= 11 is 0. The largest absolute Gasteiger partial charge is 0.347 e. The lowest BCUT2D eigenvalue weighted by atomic mass is 10.1. The number of piperazine rings is 1. The van der Waals surface area contributed by atoms with Gasteiger partial charge in [0.25, 0.3) is 0 Å². The number of carbonyl (C=O) groups excluding carboxylic acids is 1. The lowest BCUT2D eigenvalue weighted by molar-refractivity contribution is -0.134. The van der Waals surface area contributed by atoms with Gasteiger partial charge < -0.3 is 9.88 Å². The summed E-state index contributed by atoms with van der Waals surface area (Å²) < 4.78 is 1.77. The summed E-state index contributed by atoms with van der Waals surface area (Å²) in [6, 6.07) is 0.158. The van der Waals surface area contributed by atoms with E-state index in [-0.39, 0.29) is 11.9 Å². The van der Waals surface area contributed by atoms with E-state index in [2.05, 4.69) is 26.9 Å². The molecule has 3 heterocycles. The van der Waals surface area contributed by atoms with Crippen molar-refractivity contribution in [2.45, 2.75) is 25.8 Å². The van der Waals surface area contributed by atoms with Crippen LogP contribution in [0.4, 0.5) is 0 Å². The molecule has 1 aliphatic heterocycles. The Kier molecular flexibility index (Phi) is 4.76. The summed E-state index contributed by atoms with van der Waals surface area (Å²) in [5.41, 5.74) is 1.11. The predicted octanol–water partition coefficient (Wildman–Crippen LogP) is 0.981. The molecule has 1 saturated heterocycles. The smallest absolute Gasteiger partial charge is 0.223 e. The van der Waals surface area contributed by atoms with Gasteiger partial charge in [-0.2, -0.15) is 5.10 Å². The fourth-order valence-electron chi connectivity index (χ4n) is 3.16. The lowest BCUT2D eigenvalue weighted by Gasteiger charge is -2.40. The first kappa shape index (κ1) is 15.7. The van der Waals surface area contributed by atoms with E-state index in [4.69, 9.17) is 0 Å². The zero-order valence-electron chi connectivity index (χ0n) is 13.8. The van der Waals surface area contributed by atoms with Crippen molar-refractivity contribution in [2.24, 2.45) is 7.05 Å². The molecule has 1 atom stereocenters. The normalized spacial score (nSPS) is 19.2. The van der Waals surface area contributed by atoms with Crippen molar-refractivity contribution in [3.8, 4) is 0 Å². The number of hydrogen-bond acceptors (Lipinski definition) is 4. The van der Waals surface area contributed by atoms with Gasteiger partial charge in [0.15, 0.2) is 0 Å². The SMILES string of the molecule is CCN1CCN(C(=O)CCc2cnn(C)c2)CC1c1ncc[nH]1. The highest BCUT2D eigenvalue weighted by Crippen LogP contribution is 2.23. The van der Waals surface area contributed by atoms with Crippen molar-refractivity contribution >= 4 is 5.91 Å². The first-order valence-electron chi connectivity index (χ1n) is 8.16. The van der Waals surface area contributed by atoms with Gasteiger partial charge >= 0.3 is 0 Å². The Labute approximate surface area is 136 Å². The van der Waals surface area contributed by atoms with Gasteiger partial charge in [-0.15, -0.1) is 0 Å². The van der Waals surface area contributed by atoms with Crippen molar-refractivity contribution in [2.75, 3.05) is 26.2 Å². The van der Waals surface area contributed by atoms with E-state index < -0.39 is 0 Å². The summed E-state index contributed by atoms with van der Waals surface area (Å²) in [6.07, 6.45) is 8.68. The van der Waals surface area contributed by atoms with Crippen LogP contribution in [0.25, 0.3) is 0 Å². The molecule has 0 aromatic carbocycles. The number of imidazole rings is 1. The molecule has 1 N–H and O–H groups in total. The fraction of sp³-hybridized carbons (Fsp3) is 0.562. The van der Waals surface area contributed by atoms with Crippen LogP contribution in [0.5, 0.6) is 0 Å². The van der Waals surface area contributed by atoms with Gasteiger partial charge in [-0.3, -0.25) is 14.4 Å². The number of aryl methyl sites for hydroxylation is 2. The van der Waals surface area contributed by atoms with E-state index in [0.29, 0.717) is 13.0 Å². The maximum atomic E-state index is 12.5. The number of H-pyrrole nitrogens is 1. The van der Waals surface area contributed by atoms with Crippen LogP contribution in [-0.4, -0.2) is 61.6 Å². The average molecular weight is 316 g/mol. The third-order valence-corrected chi connectivity index (χ3v) is 4.47. The number of nitrogens with zero attached hydrogens (tertiary/aromatic N) is 5. The van der Waals surface area contributed by atoms with Gasteiger partial charge in [0.2, 0.25) is 5.91 Å². The second-order valence-electron chi connectivity index (χ2n) is 5.98. The minimum Gasteiger partial charge on any atom is -0.347 e. The molecule has 0 radical (unpaired) electrons. The van der Waals surface area contributed by atoms with Crippen molar-refractivity contribution in [3.05, 3.63) is 36.2 Å². The van der Waals surface area contributed by atoms with Crippen LogP contribution in [0, 0.1) is 0 Å². The van der Waals surface area contributed by atoms with Gasteiger partial charge in [-0.1, -0.05) is 6.92 Å². The minimum absolute atomic E-state index is 0.158. The van der Waals surface area contributed by atoms with Crippen LogP contribution in [0.15, 0.2) is 24.8 Å². The van der Waals surface area contributed by atoms with Gasteiger partial charge in [-0.25, -0.2) is 4.98 Å². The molecule has 0 spiro atoms. The van der Waals surface area contributed by atoms with Gasteiger partial charge in [-0.05, 0) is 18.5 Å². The Balaban J connectivity index is 1.60. The van der Waals surface area contributed by atoms with Crippen molar-refractivity contribution in [3.63, 3.8) is 0 Å². The highest BCUT2D eigenvalue weighted by molar-refractivity contribution is 5.76. The lowest BCUT2D eigenvalue weighted by Crippen LogP contribution is -2.50. The monoisotopic (exact) mass is 316 g/mol. The molecule has 7 nitrogen and oxygen atoms in total. The van der Waals surface area contributed by atoms with Gasteiger partial charge in [0.1, 0.15) is 5.82 Å². The highest BCUT2D eigenvalue weighted by Gasteiger charge is 2.30. The number of hydrogen-bond donors (Lipinski definition) is 1. The van der Waals surface area contributed by atoms with E-state index in [9.17, 15) is 4.79 Å². The third kappa shape index (κ3) is 3.61. The Morgan fingerprint density at radius 1 is 1.43 bits per heavy atom. The highest BCUT2D eigenvalue weighted by atomic mass is 16.2. The van der Waals surface area contributed by atoms with Crippen LogP contribution in [0.1, 0.15) is 30.8 Å². The molecular weight excluding hydrogens is 292 g/mol. The number of aromatic nitrogens is 4. The molecule has 3 rings (SSSR count). The Morgan fingerprint density at radius 3 is 2.96 bits per heavy atom. The molecule has 124 valence electrons. The van der Waals surface area contributed by atoms with Crippen LogP contribution < -0.4 is 0 Å². The molecule has 7 heteroatoms. The maximum absolute atomic E-state index is 12.5. The van der Waals surface area contributed by atoms with E-state index in [1.54, 1.807) is 10.9 Å². The predicted molar refractivity (Wildman–Crippen MR) is 86.7 cm³/mol.